The molecular weight excluding hydrogens is 310 g/mol. The maximum absolute atomic E-state index is 6.31. The monoisotopic (exact) mass is 331 g/mol. The Morgan fingerprint density at radius 3 is 2.67 bits per heavy atom. The van der Waals surface area contributed by atoms with Gasteiger partial charge in [0.25, 0.3) is 0 Å². The van der Waals surface area contributed by atoms with E-state index in [1.807, 2.05) is 18.2 Å². The zero-order valence-corrected chi connectivity index (χ0v) is 13.6. The highest BCUT2D eigenvalue weighted by Gasteiger charge is 2.16. The van der Waals surface area contributed by atoms with E-state index in [4.69, 9.17) is 17.3 Å². The van der Waals surface area contributed by atoms with Crippen LogP contribution in [0, 0.1) is 5.92 Å². The summed E-state index contributed by atoms with van der Waals surface area (Å²) in [6, 6.07) is 6.02. The molecule has 0 amide bonds. The van der Waals surface area contributed by atoms with Gasteiger partial charge in [0.05, 0.1) is 5.02 Å². The van der Waals surface area contributed by atoms with Crippen LogP contribution in [0.25, 0.3) is 0 Å². The molecule has 102 valence electrons. The number of nitrogens with two attached hydrogens (primary N) is 1. The van der Waals surface area contributed by atoms with Gasteiger partial charge in [0.15, 0.2) is 0 Å². The minimum atomic E-state index is 0.0387. The molecular formula is C15H23BrClN. The second kappa shape index (κ2) is 8.19. The summed E-state index contributed by atoms with van der Waals surface area (Å²) in [5.74, 6) is 0.704. The summed E-state index contributed by atoms with van der Waals surface area (Å²) in [5.41, 5.74) is 7.36. The van der Waals surface area contributed by atoms with E-state index in [-0.39, 0.29) is 6.04 Å². The molecule has 1 aromatic rings. The zero-order chi connectivity index (χ0) is 13.5. The van der Waals surface area contributed by atoms with Gasteiger partial charge in [-0.3, -0.25) is 0 Å². The molecule has 3 heteroatoms. The average molecular weight is 333 g/mol. The van der Waals surface area contributed by atoms with Crippen molar-refractivity contribution in [3.63, 3.8) is 0 Å². The fraction of sp³-hybridized carbons (Fsp3) is 0.600. The van der Waals surface area contributed by atoms with Crippen molar-refractivity contribution in [3.05, 3.63) is 33.3 Å². The highest BCUT2D eigenvalue weighted by atomic mass is 79.9. The molecule has 0 saturated carbocycles. The molecule has 1 rings (SSSR count). The Balaban J connectivity index is 2.68. The second-order valence-corrected chi connectivity index (χ2v) is 6.13. The van der Waals surface area contributed by atoms with Crippen LogP contribution in [0.5, 0.6) is 0 Å². The first-order valence-electron chi connectivity index (χ1n) is 6.79. The fourth-order valence-corrected chi connectivity index (χ4v) is 2.92. The van der Waals surface area contributed by atoms with Crippen molar-refractivity contribution >= 4 is 27.5 Å². The Bertz CT molecular complexity index is 368. The van der Waals surface area contributed by atoms with E-state index >= 15 is 0 Å². The molecule has 0 aliphatic rings. The topological polar surface area (TPSA) is 26.0 Å². The van der Waals surface area contributed by atoms with E-state index in [1.54, 1.807) is 0 Å². The number of hydrogen-bond donors (Lipinski definition) is 1. The molecule has 2 N–H and O–H groups in total. The van der Waals surface area contributed by atoms with Gasteiger partial charge in [-0.05, 0) is 39.9 Å². The van der Waals surface area contributed by atoms with Crippen LogP contribution in [0.3, 0.4) is 0 Å². The Morgan fingerprint density at radius 2 is 2.06 bits per heavy atom. The summed E-state index contributed by atoms with van der Waals surface area (Å²) in [6.07, 6.45) is 6.03. The second-order valence-electron chi connectivity index (χ2n) is 4.90. The molecule has 0 heterocycles. The van der Waals surface area contributed by atoms with Crippen LogP contribution < -0.4 is 5.73 Å². The van der Waals surface area contributed by atoms with Crippen molar-refractivity contribution < 1.29 is 0 Å². The molecule has 2 atom stereocenters. The third-order valence-corrected chi connectivity index (χ3v) is 4.82. The predicted octanol–water partition coefficient (Wildman–Crippen LogP) is 5.71. The van der Waals surface area contributed by atoms with Crippen molar-refractivity contribution in [3.8, 4) is 0 Å². The number of rotatable bonds is 7. The predicted molar refractivity (Wildman–Crippen MR) is 84.0 cm³/mol. The van der Waals surface area contributed by atoms with Gasteiger partial charge < -0.3 is 5.73 Å². The lowest BCUT2D eigenvalue weighted by Gasteiger charge is -2.21. The van der Waals surface area contributed by atoms with Gasteiger partial charge in [-0.15, -0.1) is 0 Å². The largest absolute Gasteiger partial charge is 0.324 e. The summed E-state index contributed by atoms with van der Waals surface area (Å²) in [7, 11) is 0. The van der Waals surface area contributed by atoms with Crippen LogP contribution in [0.4, 0.5) is 0 Å². The van der Waals surface area contributed by atoms with Gasteiger partial charge in [0.2, 0.25) is 0 Å². The first-order chi connectivity index (χ1) is 8.60. The third kappa shape index (κ3) is 4.56. The van der Waals surface area contributed by atoms with Crippen LogP contribution in [-0.2, 0) is 0 Å². The van der Waals surface area contributed by atoms with Crippen LogP contribution in [0.2, 0.25) is 5.02 Å². The van der Waals surface area contributed by atoms with E-state index < -0.39 is 0 Å². The van der Waals surface area contributed by atoms with E-state index in [2.05, 4.69) is 29.8 Å². The number of halogens is 2. The Kier molecular flexibility index (Phi) is 7.28. The van der Waals surface area contributed by atoms with Crippen LogP contribution >= 0.6 is 27.5 Å². The molecule has 1 aromatic carbocycles. The highest BCUT2D eigenvalue weighted by molar-refractivity contribution is 9.10. The van der Waals surface area contributed by atoms with Crippen molar-refractivity contribution in [2.75, 3.05) is 0 Å². The van der Waals surface area contributed by atoms with Gasteiger partial charge in [0, 0.05) is 10.5 Å². The standard InChI is InChI=1S/C15H23BrClN/c1-3-5-7-11(4-2)10-14(18)12-8-6-9-13(16)15(12)17/h6,8-9,11,14H,3-5,7,10,18H2,1-2H3. The minimum absolute atomic E-state index is 0.0387. The maximum Gasteiger partial charge on any atom is 0.0595 e. The van der Waals surface area contributed by atoms with Crippen molar-refractivity contribution in [2.24, 2.45) is 11.7 Å². The van der Waals surface area contributed by atoms with Gasteiger partial charge in [-0.2, -0.15) is 0 Å². The lowest BCUT2D eigenvalue weighted by molar-refractivity contribution is 0.388. The number of unbranched alkanes of at least 4 members (excludes halogenated alkanes) is 1. The molecule has 0 saturated heterocycles. The molecule has 18 heavy (non-hydrogen) atoms. The van der Waals surface area contributed by atoms with Gasteiger partial charge in [0.1, 0.15) is 0 Å². The smallest absolute Gasteiger partial charge is 0.0595 e. The molecule has 0 aliphatic carbocycles. The molecule has 0 spiro atoms. The van der Waals surface area contributed by atoms with E-state index in [0.29, 0.717) is 5.92 Å². The fourth-order valence-electron chi connectivity index (χ4n) is 2.27. The Hall–Kier alpha value is -0.0500. The molecule has 0 fully saturated rings. The van der Waals surface area contributed by atoms with Crippen LogP contribution in [0.15, 0.2) is 22.7 Å². The third-order valence-electron chi connectivity index (χ3n) is 3.51. The van der Waals surface area contributed by atoms with Crippen molar-refractivity contribution in [2.45, 2.75) is 52.0 Å². The lowest BCUT2D eigenvalue weighted by atomic mass is 9.89. The summed E-state index contributed by atoms with van der Waals surface area (Å²) in [5, 5.41) is 0.760. The molecule has 0 bridgehead atoms. The molecule has 0 aromatic heterocycles. The van der Waals surface area contributed by atoms with Gasteiger partial charge in [-0.1, -0.05) is 63.3 Å². The van der Waals surface area contributed by atoms with E-state index in [1.165, 1.54) is 25.7 Å². The summed E-state index contributed by atoms with van der Waals surface area (Å²) in [6.45, 7) is 4.48. The Morgan fingerprint density at radius 1 is 1.33 bits per heavy atom. The van der Waals surface area contributed by atoms with E-state index in [9.17, 15) is 0 Å². The zero-order valence-electron chi connectivity index (χ0n) is 11.3. The molecule has 2 unspecified atom stereocenters. The molecule has 1 nitrogen and oxygen atoms in total. The maximum atomic E-state index is 6.31. The Labute approximate surface area is 124 Å². The molecule has 0 aliphatic heterocycles. The average Bonchev–Trinajstić information content (AvgIpc) is 2.37. The van der Waals surface area contributed by atoms with Crippen molar-refractivity contribution in [1.29, 1.82) is 0 Å². The normalized spacial score (nSPS) is 14.5. The van der Waals surface area contributed by atoms with Crippen LogP contribution in [0.1, 0.15) is 57.6 Å². The SMILES string of the molecule is CCCCC(CC)CC(N)c1cccc(Br)c1Cl. The van der Waals surface area contributed by atoms with Crippen LogP contribution in [-0.4, -0.2) is 0 Å². The number of benzene rings is 1. The van der Waals surface area contributed by atoms with Gasteiger partial charge >= 0.3 is 0 Å². The lowest BCUT2D eigenvalue weighted by Crippen LogP contribution is -2.16. The van der Waals surface area contributed by atoms with E-state index in [0.717, 1.165) is 21.5 Å². The summed E-state index contributed by atoms with van der Waals surface area (Å²) < 4.78 is 0.929. The molecule has 0 radical (unpaired) electrons. The minimum Gasteiger partial charge on any atom is -0.324 e. The summed E-state index contributed by atoms with van der Waals surface area (Å²) >= 11 is 9.74. The quantitative estimate of drug-likeness (QED) is 0.680. The highest BCUT2D eigenvalue weighted by Crippen LogP contribution is 2.33. The van der Waals surface area contributed by atoms with Gasteiger partial charge in [-0.25, -0.2) is 0 Å². The van der Waals surface area contributed by atoms with Crippen molar-refractivity contribution in [1.82, 2.24) is 0 Å². The first-order valence-corrected chi connectivity index (χ1v) is 7.96. The number of hydrogen-bond acceptors (Lipinski definition) is 1. The first kappa shape index (κ1) is 16.0. The summed E-state index contributed by atoms with van der Waals surface area (Å²) in [4.78, 5) is 0.